The second-order valence-electron chi connectivity index (χ2n) is 18.4. The van der Waals surface area contributed by atoms with E-state index >= 15 is 0 Å². The van der Waals surface area contributed by atoms with Crippen LogP contribution in [-0.4, -0.2) is 8.07 Å². The van der Waals surface area contributed by atoms with Crippen LogP contribution in [0.2, 0.25) is 0 Å². The summed E-state index contributed by atoms with van der Waals surface area (Å²) < 4.78 is 7.25. The van der Waals surface area contributed by atoms with Crippen LogP contribution in [0.15, 0.2) is 212 Å². The molecule has 3 aliphatic rings. The topological polar surface area (TPSA) is 12.5 Å². The van der Waals surface area contributed by atoms with Crippen LogP contribution in [0.4, 0.5) is 17.1 Å². The fourth-order valence-electron chi connectivity index (χ4n) is 11.3. The van der Waals surface area contributed by atoms with Gasteiger partial charge in [-0.25, -0.2) is 0 Å². The molecule has 1 aliphatic heterocycles. The Morgan fingerprint density at radius 1 is 0.381 bits per heavy atom. The van der Waals surface area contributed by atoms with Gasteiger partial charge in [-0.2, -0.15) is 0 Å². The predicted molar refractivity (Wildman–Crippen MR) is 265 cm³/mol. The Morgan fingerprint density at radius 2 is 0.889 bits per heavy atom. The van der Waals surface area contributed by atoms with Gasteiger partial charge in [0.2, 0.25) is 0 Å². The molecule has 3 heteroatoms. The molecule has 0 N–H and O–H groups in total. The average molecular weight is 826 g/mol. The van der Waals surface area contributed by atoms with E-state index in [9.17, 15) is 0 Å². The van der Waals surface area contributed by atoms with Crippen LogP contribution in [-0.2, 0) is 10.8 Å². The molecule has 63 heavy (non-hydrogen) atoms. The first-order valence-electron chi connectivity index (χ1n) is 22.2. The summed E-state index contributed by atoms with van der Waals surface area (Å²) >= 11 is 0. The second kappa shape index (κ2) is 13.9. The number of nitrogens with zero attached hydrogens (tertiary/aromatic N) is 1. The van der Waals surface area contributed by atoms with E-state index in [1.165, 1.54) is 76.4 Å². The highest BCUT2D eigenvalue weighted by atomic mass is 28.3. The summed E-state index contributed by atoms with van der Waals surface area (Å²) in [5.74, 6) is 1.95. The van der Waals surface area contributed by atoms with Crippen LogP contribution in [0.5, 0.6) is 11.5 Å². The molecule has 0 amide bonds. The SMILES string of the molecule is CC1(C)c2ccccc2-c2ccc(N(c3ccc(-c4ccccc4)cc3)c3ccc4c(c3)C(C)(C)c3ccc5c(c3-4)Oc3ccccc3[Si]5(c3ccccc3)c3ccccc3)cc21. The maximum atomic E-state index is 7.25. The lowest BCUT2D eigenvalue weighted by atomic mass is 9.82. The third-order valence-electron chi connectivity index (χ3n) is 14.4. The molecule has 9 aromatic carbocycles. The third-order valence-corrected chi connectivity index (χ3v) is 19.2. The van der Waals surface area contributed by atoms with E-state index in [0.717, 1.165) is 28.6 Å². The van der Waals surface area contributed by atoms with E-state index in [4.69, 9.17) is 4.74 Å². The van der Waals surface area contributed by atoms with Crippen molar-refractivity contribution in [1.29, 1.82) is 0 Å². The van der Waals surface area contributed by atoms with Gasteiger partial charge < -0.3 is 9.64 Å². The number of ether oxygens (including phenoxy) is 1. The van der Waals surface area contributed by atoms with Crippen LogP contribution in [0.3, 0.4) is 0 Å². The zero-order valence-electron chi connectivity index (χ0n) is 36.1. The van der Waals surface area contributed by atoms with Crippen LogP contribution in [0, 0.1) is 0 Å². The van der Waals surface area contributed by atoms with Crippen molar-refractivity contribution in [3.05, 3.63) is 235 Å². The fourth-order valence-corrected chi connectivity index (χ4v) is 16.3. The summed E-state index contributed by atoms with van der Waals surface area (Å²) in [5, 5.41) is 5.30. The van der Waals surface area contributed by atoms with Crippen molar-refractivity contribution in [3.8, 4) is 44.9 Å². The first-order chi connectivity index (χ1) is 30.8. The zero-order valence-corrected chi connectivity index (χ0v) is 37.1. The molecule has 0 saturated carbocycles. The maximum absolute atomic E-state index is 7.25. The summed E-state index contributed by atoms with van der Waals surface area (Å²) in [6.45, 7) is 9.50. The Bertz CT molecular complexity index is 3200. The molecule has 2 aliphatic carbocycles. The van der Waals surface area contributed by atoms with Gasteiger partial charge in [0, 0.05) is 33.5 Å². The number of hydrogen-bond acceptors (Lipinski definition) is 2. The number of para-hydroxylation sites is 1. The summed E-state index contributed by atoms with van der Waals surface area (Å²) in [6.07, 6.45) is 0. The molecule has 9 aromatic rings. The Labute approximate surface area is 371 Å². The molecule has 302 valence electrons. The van der Waals surface area contributed by atoms with Crippen LogP contribution in [0.1, 0.15) is 49.9 Å². The summed E-state index contributed by atoms with van der Waals surface area (Å²) in [7, 11) is -2.81. The Kier molecular flexibility index (Phi) is 8.29. The van der Waals surface area contributed by atoms with Crippen molar-refractivity contribution in [3.63, 3.8) is 0 Å². The average Bonchev–Trinajstić information content (AvgIpc) is 3.71. The molecule has 1 heterocycles. The van der Waals surface area contributed by atoms with Crippen molar-refractivity contribution in [2.45, 2.75) is 38.5 Å². The highest BCUT2D eigenvalue weighted by molar-refractivity contribution is 7.20. The summed E-state index contributed by atoms with van der Waals surface area (Å²) in [5.41, 5.74) is 15.9. The molecule has 0 aromatic heterocycles. The first-order valence-corrected chi connectivity index (χ1v) is 24.2. The van der Waals surface area contributed by atoms with Gasteiger partial charge in [0.1, 0.15) is 11.5 Å². The van der Waals surface area contributed by atoms with Crippen LogP contribution < -0.4 is 30.4 Å². The molecule has 0 bridgehead atoms. The van der Waals surface area contributed by atoms with Gasteiger partial charge >= 0.3 is 0 Å². The number of rotatable bonds is 6. The molecule has 0 fully saturated rings. The van der Waals surface area contributed by atoms with E-state index in [-0.39, 0.29) is 10.8 Å². The number of hydrogen-bond donors (Lipinski definition) is 0. The van der Waals surface area contributed by atoms with Crippen molar-refractivity contribution in [2.75, 3.05) is 4.90 Å². The van der Waals surface area contributed by atoms with E-state index in [1.807, 2.05) is 0 Å². The van der Waals surface area contributed by atoms with Crippen LogP contribution >= 0.6 is 0 Å². The van der Waals surface area contributed by atoms with Gasteiger partial charge in [0.05, 0.1) is 0 Å². The second-order valence-corrected chi connectivity index (χ2v) is 22.2. The minimum absolute atomic E-state index is 0.123. The Balaban J connectivity index is 1.05. The van der Waals surface area contributed by atoms with Gasteiger partial charge in [-0.05, 0) is 113 Å². The number of benzene rings is 9. The van der Waals surface area contributed by atoms with Gasteiger partial charge in [-0.3, -0.25) is 0 Å². The summed E-state index contributed by atoms with van der Waals surface area (Å²) in [4.78, 5) is 2.46. The lowest BCUT2D eigenvalue weighted by Crippen LogP contribution is -2.76. The lowest BCUT2D eigenvalue weighted by Gasteiger charge is -2.40. The molecular formula is C60H47NOSi. The molecule has 2 nitrogen and oxygen atoms in total. The highest BCUT2D eigenvalue weighted by Gasteiger charge is 2.50. The van der Waals surface area contributed by atoms with Crippen molar-refractivity contribution < 1.29 is 4.74 Å². The van der Waals surface area contributed by atoms with Gasteiger partial charge in [-0.15, -0.1) is 0 Å². The predicted octanol–water partition coefficient (Wildman–Crippen LogP) is 12.9. The largest absolute Gasteiger partial charge is 0.457 e. The smallest absolute Gasteiger partial charge is 0.188 e. The summed E-state index contributed by atoms with van der Waals surface area (Å²) in [6, 6.07) is 78.9. The van der Waals surface area contributed by atoms with E-state index in [1.54, 1.807) is 0 Å². The van der Waals surface area contributed by atoms with Crippen molar-refractivity contribution in [1.82, 2.24) is 0 Å². The minimum atomic E-state index is -2.81. The quantitative estimate of drug-likeness (QED) is 0.155. The van der Waals surface area contributed by atoms with E-state index in [0.29, 0.717) is 0 Å². The maximum Gasteiger partial charge on any atom is 0.188 e. The first kappa shape index (κ1) is 37.5. The minimum Gasteiger partial charge on any atom is -0.457 e. The van der Waals surface area contributed by atoms with Crippen molar-refractivity contribution >= 4 is 45.9 Å². The molecule has 0 radical (unpaired) electrons. The molecule has 0 spiro atoms. The number of anilines is 3. The molecule has 0 unspecified atom stereocenters. The van der Waals surface area contributed by atoms with Crippen LogP contribution in [0.25, 0.3) is 33.4 Å². The third kappa shape index (κ3) is 5.43. The molecule has 12 rings (SSSR count). The standard InChI is InChI=1S/C60H47NOSi/c1-59(2)50-25-15-14-24-47(50)48-34-32-43(38-52(48)59)61(42-30-28-41(29-31-42)40-18-8-5-9-19-40)44-33-35-49-53(39-44)60(3,4)51-36-37-56-58(57(49)51)62-54-26-16-17-27-55(54)63(56,45-20-10-6-11-21-45)46-22-12-7-13-23-46/h5-39H,1-4H3. The van der Waals surface area contributed by atoms with E-state index < -0.39 is 8.07 Å². The van der Waals surface area contributed by atoms with E-state index in [2.05, 4.69) is 245 Å². The Hall–Kier alpha value is -7.20. The zero-order chi connectivity index (χ0) is 42.5. The molecule has 0 saturated heterocycles. The number of fused-ring (bicyclic) bond motifs is 9. The highest BCUT2D eigenvalue weighted by Crippen LogP contribution is 2.56. The van der Waals surface area contributed by atoms with Gasteiger partial charge in [-0.1, -0.05) is 198 Å². The normalized spacial score (nSPS) is 15.2. The monoisotopic (exact) mass is 825 g/mol. The fraction of sp³-hybridized carbons (Fsp3) is 0.100. The molecular weight excluding hydrogens is 779 g/mol. The Morgan fingerprint density at radius 3 is 1.57 bits per heavy atom. The lowest BCUT2D eigenvalue weighted by molar-refractivity contribution is 0.488. The van der Waals surface area contributed by atoms with Gasteiger partial charge in [0.25, 0.3) is 0 Å². The van der Waals surface area contributed by atoms with Gasteiger partial charge in [0.15, 0.2) is 8.07 Å². The molecule has 0 atom stereocenters. The van der Waals surface area contributed by atoms with Crippen molar-refractivity contribution in [2.24, 2.45) is 0 Å².